The summed E-state index contributed by atoms with van der Waals surface area (Å²) in [7, 11) is 0. The van der Waals surface area contributed by atoms with Crippen LogP contribution in [0.15, 0.2) is 24.3 Å². The third-order valence-corrected chi connectivity index (χ3v) is 3.78. The van der Waals surface area contributed by atoms with Crippen molar-refractivity contribution in [3.8, 4) is 5.75 Å². The summed E-state index contributed by atoms with van der Waals surface area (Å²) in [5.74, 6) is 1.60. The lowest BCUT2D eigenvalue weighted by atomic mass is 9.98. The van der Waals surface area contributed by atoms with E-state index in [0.29, 0.717) is 5.92 Å². The lowest BCUT2D eigenvalue weighted by Crippen LogP contribution is -2.29. The second kappa shape index (κ2) is 9.82. The molecule has 2 unspecified atom stereocenters. The van der Waals surface area contributed by atoms with E-state index in [1.807, 2.05) is 0 Å². The SMILES string of the molecule is CCCCCNCC(C)Oc1ccccc1C(C)CC. The fourth-order valence-corrected chi connectivity index (χ4v) is 2.28. The van der Waals surface area contributed by atoms with Crippen LogP contribution in [-0.4, -0.2) is 19.2 Å². The highest BCUT2D eigenvalue weighted by atomic mass is 16.5. The first kappa shape index (κ1) is 17.0. The predicted octanol–water partition coefficient (Wildman–Crippen LogP) is 4.75. The first-order valence-corrected chi connectivity index (χ1v) is 8.15. The number of rotatable bonds is 10. The minimum absolute atomic E-state index is 0.210. The molecule has 2 heteroatoms. The largest absolute Gasteiger partial charge is 0.489 e. The van der Waals surface area contributed by atoms with E-state index in [1.165, 1.54) is 24.8 Å². The highest BCUT2D eigenvalue weighted by Crippen LogP contribution is 2.28. The van der Waals surface area contributed by atoms with Crippen LogP contribution in [0.4, 0.5) is 0 Å². The van der Waals surface area contributed by atoms with E-state index in [1.54, 1.807) is 0 Å². The van der Waals surface area contributed by atoms with E-state index in [-0.39, 0.29) is 6.10 Å². The average Bonchev–Trinajstić information content (AvgIpc) is 2.47. The summed E-state index contributed by atoms with van der Waals surface area (Å²) in [6.45, 7) is 10.9. The maximum absolute atomic E-state index is 6.11. The van der Waals surface area contributed by atoms with Gasteiger partial charge < -0.3 is 10.1 Å². The Kier molecular flexibility index (Phi) is 8.36. The summed E-state index contributed by atoms with van der Waals surface area (Å²) in [6.07, 6.45) is 5.19. The summed E-state index contributed by atoms with van der Waals surface area (Å²) in [6, 6.07) is 8.44. The Morgan fingerprint density at radius 1 is 1.10 bits per heavy atom. The standard InChI is InChI=1S/C18H31NO/c1-5-7-10-13-19-14-16(4)20-18-12-9-8-11-17(18)15(3)6-2/h8-9,11-12,15-16,19H,5-7,10,13-14H2,1-4H3. The van der Waals surface area contributed by atoms with Gasteiger partial charge in [0.2, 0.25) is 0 Å². The highest BCUT2D eigenvalue weighted by Gasteiger charge is 2.11. The van der Waals surface area contributed by atoms with Crippen molar-refractivity contribution in [1.82, 2.24) is 5.32 Å². The van der Waals surface area contributed by atoms with Gasteiger partial charge in [-0.3, -0.25) is 0 Å². The molecule has 1 N–H and O–H groups in total. The van der Waals surface area contributed by atoms with Crippen molar-refractivity contribution < 1.29 is 4.74 Å². The second-order valence-electron chi connectivity index (χ2n) is 5.69. The van der Waals surface area contributed by atoms with Crippen LogP contribution in [-0.2, 0) is 0 Å². The third kappa shape index (κ3) is 5.96. The molecule has 0 heterocycles. The molecule has 0 aliphatic heterocycles. The van der Waals surface area contributed by atoms with Crippen molar-refractivity contribution in [3.05, 3.63) is 29.8 Å². The zero-order valence-electron chi connectivity index (χ0n) is 13.6. The van der Waals surface area contributed by atoms with Crippen molar-refractivity contribution in [3.63, 3.8) is 0 Å². The Hall–Kier alpha value is -1.02. The molecule has 0 fully saturated rings. The van der Waals surface area contributed by atoms with Crippen molar-refractivity contribution >= 4 is 0 Å². The van der Waals surface area contributed by atoms with Crippen molar-refractivity contribution in [2.24, 2.45) is 0 Å². The van der Waals surface area contributed by atoms with Gasteiger partial charge in [-0.25, -0.2) is 0 Å². The molecular formula is C18H31NO. The van der Waals surface area contributed by atoms with Gasteiger partial charge in [0.15, 0.2) is 0 Å². The number of nitrogens with one attached hydrogen (secondary N) is 1. The first-order valence-electron chi connectivity index (χ1n) is 8.15. The smallest absolute Gasteiger partial charge is 0.123 e. The summed E-state index contributed by atoms with van der Waals surface area (Å²) in [4.78, 5) is 0. The molecule has 0 aromatic heterocycles. The van der Waals surface area contributed by atoms with Gasteiger partial charge >= 0.3 is 0 Å². The van der Waals surface area contributed by atoms with Gasteiger partial charge in [0.05, 0.1) is 0 Å². The quantitative estimate of drug-likeness (QED) is 0.623. The lowest BCUT2D eigenvalue weighted by molar-refractivity contribution is 0.214. The van der Waals surface area contributed by atoms with Crippen molar-refractivity contribution in [2.45, 2.75) is 65.4 Å². The van der Waals surface area contributed by atoms with Crippen LogP contribution in [0.3, 0.4) is 0 Å². The monoisotopic (exact) mass is 277 g/mol. The van der Waals surface area contributed by atoms with Crippen LogP contribution in [0.5, 0.6) is 5.75 Å². The van der Waals surface area contributed by atoms with Gasteiger partial charge in [-0.05, 0) is 43.9 Å². The van der Waals surface area contributed by atoms with E-state index in [2.05, 4.69) is 57.3 Å². The number of unbranched alkanes of at least 4 members (excludes halogenated alkanes) is 2. The summed E-state index contributed by atoms with van der Waals surface area (Å²) in [5.41, 5.74) is 1.33. The second-order valence-corrected chi connectivity index (χ2v) is 5.69. The third-order valence-electron chi connectivity index (χ3n) is 3.78. The normalized spacial score (nSPS) is 14.0. The van der Waals surface area contributed by atoms with Crippen LogP contribution in [0, 0.1) is 0 Å². The maximum Gasteiger partial charge on any atom is 0.123 e. The first-order chi connectivity index (χ1) is 9.69. The van der Waals surface area contributed by atoms with E-state index in [4.69, 9.17) is 4.74 Å². The lowest BCUT2D eigenvalue weighted by Gasteiger charge is -2.20. The van der Waals surface area contributed by atoms with E-state index in [9.17, 15) is 0 Å². The molecular weight excluding hydrogens is 246 g/mol. The molecule has 0 aliphatic carbocycles. The van der Waals surface area contributed by atoms with E-state index in [0.717, 1.165) is 25.3 Å². The van der Waals surface area contributed by atoms with Crippen LogP contribution in [0.1, 0.15) is 64.9 Å². The number of ether oxygens (including phenoxy) is 1. The molecule has 0 amide bonds. The Morgan fingerprint density at radius 3 is 2.55 bits per heavy atom. The van der Waals surface area contributed by atoms with Crippen molar-refractivity contribution in [2.75, 3.05) is 13.1 Å². The minimum Gasteiger partial charge on any atom is -0.489 e. The fraction of sp³-hybridized carbons (Fsp3) is 0.667. The number of hydrogen-bond acceptors (Lipinski definition) is 2. The molecule has 2 atom stereocenters. The Balaban J connectivity index is 2.43. The Labute approximate surface area is 124 Å². The molecule has 1 aromatic rings. The molecule has 20 heavy (non-hydrogen) atoms. The molecule has 0 saturated carbocycles. The topological polar surface area (TPSA) is 21.3 Å². The molecule has 114 valence electrons. The number of benzene rings is 1. The van der Waals surface area contributed by atoms with E-state index >= 15 is 0 Å². The Morgan fingerprint density at radius 2 is 1.85 bits per heavy atom. The molecule has 1 aromatic carbocycles. The maximum atomic E-state index is 6.11. The van der Waals surface area contributed by atoms with Crippen LogP contribution < -0.4 is 10.1 Å². The average molecular weight is 277 g/mol. The minimum atomic E-state index is 0.210. The summed E-state index contributed by atoms with van der Waals surface area (Å²) in [5, 5.41) is 3.48. The molecule has 2 nitrogen and oxygen atoms in total. The van der Waals surface area contributed by atoms with Gasteiger partial charge in [0.25, 0.3) is 0 Å². The van der Waals surface area contributed by atoms with Gasteiger partial charge in [-0.2, -0.15) is 0 Å². The molecule has 0 bridgehead atoms. The van der Waals surface area contributed by atoms with E-state index < -0.39 is 0 Å². The van der Waals surface area contributed by atoms with Gasteiger partial charge in [0.1, 0.15) is 11.9 Å². The van der Waals surface area contributed by atoms with Gasteiger partial charge in [0, 0.05) is 6.54 Å². The molecule has 0 saturated heterocycles. The molecule has 0 aliphatic rings. The molecule has 0 radical (unpaired) electrons. The number of para-hydroxylation sites is 1. The zero-order chi connectivity index (χ0) is 14.8. The van der Waals surface area contributed by atoms with Crippen LogP contribution in [0.25, 0.3) is 0 Å². The fourth-order valence-electron chi connectivity index (χ4n) is 2.28. The molecule has 0 spiro atoms. The van der Waals surface area contributed by atoms with Crippen molar-refractivity contribution in [1.29, 1.82) is 0 Å². The number of hydrogen-bond donors (Lipinski definition) is 1. The van der Waals surface area contributed by atoms with Crippen LogP contribution in [0.2, 0.25) is 0 Å². The highest BCUT2D eigenvalue weighted by molar-refractivity contribution is 5.36. The Bertz CT molecular complexity index is 364. The summed E-state index contributed by atoms with van der Waals surface area (Å²) < 4.78 is 6.11. The van der Waals surface area contributed by atoms with Gasteiger partial charge in [-0.1, -0.05) is 51.8 Å². The predicted molar refractivity (Wildman–Crippen MR) is 87.6 cm³/mol. The zero-order valence-corrected chi connectivity index (χ0v) is 13.6. The molecule has 1 rings (SSSR count). The van der Waals surface area contributed by atoms with Crippen LogP contribution >= 0.6 is 0 Å². The summed E-state index contributed by atoms with van der Waals surface area (Å²) >= 11 is 0. The van der Waals surface area contributed by atoms with Gasteiger partial charge in [-0.15, -0.1) is 0 Å².